The lowest BCUT2D eigenvalue weighted by atomic mass is 10.4. The predicted molar refractivity (Wildman–Crippen MR) is 58.6 cm³/mol. The number of thioether (sulfide) groups is 1. The van der Waals surface area contributed by atoms with Gasteiger partial charge in [-0.3, -0.25) is 0 Å². The van der Waals surface area contributed by atoms with Crippen LogP contribution in [0.1, 0.15) is 0 Å². The van der Waals surface area contributed by atoms with E-state index in [9.17, 15) is 0 Å². The lowest BCUT2D eigenvalue weighted by Crippen LogP contribution is -1.74. The SMILES string of the molecule is CSc1ccc(Br)c(I)c1. The van der Waals surface area contributed by atoms with E-state index < -0.39 is 0 Å². The Balaban J connectivity index is 3.04. The summed E-state index contributed by atoms with van der Waals surface area (Å²) in [5.74, 6) is 0. The molecule has 0 saturated carbocycles. The Hall–Kier alpha value is 0.780. The molecule has 0 aromatic heterocycles. The van der Waals surface area contributed by atoms with Crippen molar-refractivity contribution >= 4 is 50.3 Å². The molecule has 0 spiro atoms. The van der Waals surface area contributed by atoms with Crippen LogP contribution in [0.3, 0.4) is 0 Å². The van der Waals surface area contributed by atoms with E-state index in [1.54, 1.807) is 11.8 Å². The molecule has 0 amide bonds. The Morgan fingerprint density at radius 3 is 2.70 bits per heavy atom. The highest BCUT2D eigenvalue weighted by molar-refractivity contribution is 14.1. The van der Waals surface area contributed by atoms with Crippen LogP contribution in [-0.4, -0.2) is 6.26 Å². The normalized spacial score (nSPS) is 9.90. The predicted octanol–water partition coefficient (Wildman–Crippen LogP) is 3.78. The molecule has 1 aromatic rings. The first-order chi connectivity index (χ1) is 4.74. The van der Waals surface area contributed by atoms with E-state index in [0.717, 1.165) is 0 Å². The van der Waals surface area contributed by atoms with Gasteiger partial charge in [-0.1, -0.05) is 0 Å². The number of hydrogen-bond donors (Lipinski definition) is 0. The van der Waals surface area contributed by atoms with Crippen molar-refractivity contribution in [2.24, 2.45) is 0 Å². The Morgan fingerprint density at radius 2 is 2.20 bits per heavy atom. The van der Waals surface area contributed by atoms with E-state index in [1.165, 1.54) is 12.9 Å². The average Bonchev–Trinajstić information content (AvgIpc) is 1.95. The van der Waals surface area contributed by atoms with Crippen molar-refractivity contribution < 1.29 is 0 Å². The molecular formula is C7H6BrIS. The van der Waals surface area contributed by atoms with E-state index in [2.05, 4.69) is 63.0 Å². The lowest BCUT2D eigenvalue weighted by Gasteiger charge is -1.98. The smallest absolute Gasteiger partial charge is 0.0309 e. The minimum absolute atomic E-state index is 1.17. The number of hydrogen-bond acceptors (Lipinski definition) is 1. The van der Waals surface area contributed by atoms with Gasteiger partial charge >= 0.3 is 0 Å². The van der Waals surface area contributed by atoms with Crippen LogP contribution in [0.4, 0.5) is 0 Å². The summed E-state index contributed by atoms with van der Waals surface area (Å²) in [7, 11) is 0. The average molecular weight is 329 g/mol. The van der Waals surface area contributed by atoms with Gasteiger partial charge in [0, 0.05) is 12.9 Å². The third kappa shape index (κ3) is 2.13. The maximum absolute atomic E-state index is 3.44. The zero-order chi connectivity index (χ0) is 7.56. The zero-order valence-corrected chi connectivity index (χ0v) is 9.96. The molecule has 1 rings (SSSR count). The summed E-state index contributed by atoms with van der Waals surface area (Å²) in [5, 5.41) is 0. The topological polar surface area (TPSA) is 0 Å². The van der Waals surface area contributed by atoms with Crippen molar-refractivity contribution in [3.63, 3.8) is 0 Å². The Labute approximate surface area is 87.0 Å². The summed E-state index contributed by atoms with van der Waals surface area (Å²) in [6.07, 6.45) is 2.08. The highest BCUT2D eigenvalue weighted by Crippen LogP contribution is 2.24. The minimum atomic E-state index is 1.17. The van der Waals surface area contributed by atoms with E-state index >= 15 is 0 Å². The fraction of sp³-hybridized carbons (Fsp3) is 0.143. The Bertz CT molecular complexity index is 237. The van der Waals surface area contributed by atoms with Crippen molar-refractivity contribution in [3.8, 4) is 0 Å². The van der Waals surface area contributed by atoms with Crippen LogP contribution in [0.25, 0.3) is 0 Å². The zero-order valence-electron chi connectivity index (χ0n) is 5.40. The molecule has 0 saturated heterocycles. The van der Waals surface area contributed by atoms with Crippen LogP contribution in [0.15, 0.2) is 27.6 Å². The molecule has 0 aliphatic rings. The molecule has 0 unspecified atom stereocenters. The number of benzene rings is 1. The maximum atomic E-state index is 3.44. The quantitative estimate of drug-likeness (QED) is 0.558. The second kappa shape index (κ2) is 3.97. The van der Waals surface area contributed by atoms with Crippen LogP contribution in [0.2, 0.25) is 0 Å². The van der Waals surface area contributed by atoms with E-state index in [-0.39, 0.29) is 0 Å². The Morgan fingerprint density at radius 1 is 1.50 bits per heavy atom. The van der Waals surface area contributed by atoms with Crippen LogP contribution in [0, 0.1) is 3.57 Å². The lowest BCUT2D eigenvalue weighted by molar-refractivity contribution is 1.41. The molecule has 0 heterocycles. The fourth-order valence-electron chi connectivity index (χ4n) is 0.604. The molecule has 1 aromatic carbocycles. The maximum Gasteiger partial charge on any atom is 0.0309 e. The third-order valence-corrected chi connectivity index (χ3v) is 4.18. The van der Waals surface area contributed by atoms with Crippen LogP contribution < -0.4 is 0 Å². The van der Waals surface area contributed by atoms with Gasteiger partial charge in [-0.25, -0.2) is 0 Å². The molecule has 0 nitrogen and oxygen atoms in total. The van der Waals surface area contributed by atoms with Gasteiger partial charge in [0.1, 0.15) is 0 Å². The minimum Gasteiger partial charge on any atom is -0.130 e. The summed E-state index contributed by atoms with van der Waals surface area (Å²) in [6.45, 7) is 0. The molecule has 0 aliphatic carbocycles. The summed E-state index contributed by atoms with van der Waals surface area (Å²) in [5.41, 5.74) is 0. The highest BCUT2D eigenvalue weighted by Gasteiger charge is 1.95. The van der Waals surface area contributed by atoms with E-state index in [1.807, 2.05) is 0 Å². The first-order valence-corrected chi connectivity index (χ1v) is 5.82. The van der Waals surface area contributed by atoms with Crippen molar-refractivity contribution in [1.29, 1.82) is 0 Å². The van der Waals surface area contributed by atoms with Gasteiger partial charge in [0.25, 0.3) is 0 Å². The summed E-state index contributed by atoms with van der Waals surface area (Å²) < 4.78 is 2.44. The fourth-order valence-corrected chi connectivity index (χ4v) is 2.02. The molecule has 10 heavy (non-hydrogen) atoms. The van der Waals surface area contributed by atoms with Crippen LogP contribution >= 0.6 is 50.3 Å². The molecule has 0 bridgehead atoms. The van der Waals surface area contributed by atoms with Gasteiger partial charge in [-0.2, -0.15) is 0 Å². The van der Waals surface area contributed by atoms with E-state index in [4.69, 9.17) is 0 Å². The third-order valence-electron chi connectivity index (χ3n) is 1.13. The van der Waals surface area contributed by atoms with Crippen LogP contribution in [0.5, 0.6) is 0 Å². The molecule has 0 aliphatic heterocycles. The standard InChI is InChI=1S/C7H6BrIS/c1-10-5-2-3-6(8)7(9)4-5/h2-4H,1H3. The first kappa shape index (κ1) is 8.87. The van der Waals surface area contributed by atoms with Gasteiger partial charge in [-0.15, -0.1) is 11.8 Å². The van der Waals surface area contributed by atoms with Crippen LogP contribution in [-0.2, 0) is 0 Å². The van der Waals surface area contributed by atoms with Gasteiger partial charge in [0.15, 0.2) is 0 Å². The summed E-state index contributed by atoms with van der Waals surface area (Å²) in [4.78, 5) is 1.31. The summed E-state index contributed by atoms with van der Waals surface area (Å²) >= 11 is 7.52. The van der Waals surface area contributed by atoms with Gasteiger partial charge in [0.2, 0.25) is 0 Å². The molecule has 54 valence electrons. The van der Waals surface area contributed by atoms with Crippen molar-refractivity contribution in [1.82, 2.24) is 0 Å². The molecule has 0 radical (unpaired) electrons. The summed E-state index contributed by atoms with van der Waals surface area (Å²) in [6, 6.07) is 6.35. The second-order valence-corrected chi connectivity index (χ2v) is 4.68. The Kier molecular flexibility index (Phi) is 3.52. The number of halogens is 2. The number of rotatable bonds is 1. The van der Waals surface area contributed by atoms with Crippen molar-refractivity contribution in [2.75, 3.05) is 6.26 Å². The first-order valence-electron chi connectivity index (χ1n) is 2.73. The second-order valence-electron chi connectivity index (χ2n) is 1.78. The van der Waals surface area contributed by atoms with Gasteiger partial charge in [-0.05, 0) is 63.0 Å². The monoisotopic (exact) mass is 328 g/mol. The molecule has 0 atom stereocenters. The van der Waals surface area contributed by atoms with E-state index in [0.29, 0.717) is 0 Å². The highest BCUT2D eigenvalue weighted by atomic mass is 127. The van der Waals surface area contributed by atoms with Crippen molar-refractivity contribution in [3.05, 3.63) is 26.2 Å². The molecular weight excluding hydrogens is 323 g/mol. The van der Waals surface area contributed by atoms with Gasteiger partial charge < -0.3 is 0 Å². The largest absolute Gasteiger partial charge is 0.130 e. The molecule has 0 fully saturated rings. The molecule has 0 N–H and O–H groups in total. The molecule has 3 heteroatoms. The van der Waals surface area contributed by atoms with Crippen molar-refractivity contribution in [2.45, 2.75) is 4.90 Å². The van der Waals surface area contributed by atoms with Gasteiger partial charge in [0.05, 0.1) is 0 Å².